The standard InChI is InChI=1S/C10H15N2O9P/c1-12-2-4(9(15)11-10(12)16)8-7(14)6(13)5(21-8)3-20-22(17,18)19/h2,5-8,13-14H,3H2,1H3,(H,11,15,16)(H2,17,18,19). The van der Waals surface area contributed by atoms with Gasteiger partial charge < -0.3 is 29.3 Å². The fraction of sp³-hybridized carbons (Fsp3) is 0.600. The maximum atomic E-state index is 11.8. The van der Waals surface area contributed by atoms with Gasteiger partial charge in [-0.15, -0.1) is 0 Å². The van der Waals surface area contributed by atoms with E-state index in [9.17, 15) is 24.4 Å². The Hall–Kier alpha value is -1.33. The number of hydrogen-bond acceptors (Lipinski definition) is 7. The average Bonchev–Trinajstić information content (AvgIpc) is 2.68. The molecule has 0 radical (unpaired) electrons. The summed E-state index contributed by atoms with van der Waals surface area (Å²) in [7, 11) is -3.40. The summed E-state index contributed by atoms with van der Waals surface area (Å²) in [5.74, 6) is 0. The van der Waals surface area contributed by atoms with Crippen LogP contribution < -0.4 is 11.2 Å². The number of aromatic amines is 1. The van der Waals surface area contributed by atoms with Crippen LogP contribution in [0.3, 0.4) is 0 Å². The number of ether oxygens (including phenoxy) is 1. The van der Waals surface area contributed by atoms with Crippen molar-refractivity contribution < 1.29 is 33.8 Å². The lowest BCUT2D eigenvalue weighted by Gasteiger charge is -2.14. The molecule has 1 aromatic rings. The molecular formula is C10H15N2O9P. The normalized spacial score (nSPS) is 29.0. The molecule has 2 heterocycles. The second kappa shape index (κ2) is 6.05. The number of rotatable bonds is 4. The summed E-state index contributed by atoms with van der Waals surface area (Å²) in [6, 6.07) is 0. The topological polar surface area (TPSA) is 171 Å². The molecule has 0 saturated carbocycles. The number of H-pyrrole nitrogens is 1. The molecule has 0 aromatic carbocycles. The van der Waals surface area contributed by atoms with Gasteiger partial charge in [-0.2, -0.15) is 0 Å². The first-order chi connectivity index (χ1) is 10.1. The highest BCUT2D eigenvalue weighted by Crippen LogP contribution is 2.38. The van der Waals surface area contributed by atoms with E-state index >= 15 is 0 Å². The minimum Gasteiger partial charge on any atom is -0.387 e. The van der Waals surface area contributed by atoms with Gasteiger partial charge in [0.1, 0.15) is 24.4 Å². The molecule has 0 amide bonds. The van der Waals surface area contributed by atoms with Crippen molar-refractivity contribution in [2.45, 2.75) is 24.4 Å². The van der Waals surface area contributed by atoms with Crippen molar-refractivity contribution in [3.05, 3.63) is 32.6 Å². The third-order valence-corrected chi connectivity index (χ3v) is 3.70. The van der Waals surface area contributed by atoms with Crippen molar-refractivity contribution in [3.8, 4) is 0 Å². The highest BCUT2D eigenvalue weighted by Gasteiger charge is 2.45. The highest BCUT2D eigenvalue weighted by atomic mass is 31.2. The smallest absolute Gasteiger partial charge is 0.387 e. The molecule has 5 N–H and O–H groups in total. The van der Waals surface area contributed by atoms with Gasteiger partial charge in [-0.1, -0.05) is 0 Å². The summed E-state index contributed by atoms with van der Waals surface area (Å²) < 4.78 is 21.2. The molecule has 1 aliphatic rings. The van der Waals surface area contributed by atoms with Gasteiger partial charge in [0.05, 0.1) is 12.2 Å². The lowest BCUT2D eigenvalue weighted by molar-refractivity contribution is -0.0229. The van der Waals surface area contributed by atoms with Gasteiger partial charge in [-0.3, -0.25) is 14.3 Å². The Morgan fingerprint density at radius 2 is 2.00 bits per heavy atom. The minimum atomic E-state index is -4.77. The largest absolute Gasteiger partial charge is 0.469 e. The first-order valence-corrected chi connectivity index (χ1v) is 7.64. The van der Waals surface area contributed by atoms with E-state index < -0.39 is 50.1 Å². The van der Waals surface area contributed by atoms with Gasteiger partial charge in [0.25, 0.3) is 5.56 Å². The predicted octanol–water partition coefficient (Wildman–Crippen LogP) is -2.66. The first-order valence-electron chi connectivity index (χ1n) is 6.11. The molecule has 4 atom stereocenters. The Kier molecular flexibility index (Phi) is 4.68. The van der Waals surface area contributed by atoms with E-state index in [0.29, 0.717) is 0 Å². The van der Waals surface area contributed by atoms with Crippen LogP contribution in [0.2, 0.25) is 0 Å². The number of nitrogens with one attached hydrogen (secondary N) is 1. The van der Waals surface area contributed by atoms with Gasteiger partial charge in [0.15, 0.2) is 0 Å². The molecule has 0 bridgehead atoms. The van der Waals surface area contributed by atoms with Crippen LogP contribution >= 0.6 is 7.82 Å². The minimum absolute atomic E-state index is 0.104. The van der Waals surface area contributed by atoms with E-state index in [-0.39, 0.29) is 5.56 Å². The maximum absolute atomic E-state index is 11.8. The molecule has 1 aliphatic heterocycles. The molecule has 4 unspecified atom stereocenters. The van der Waals surface area contributed by atoms with E-state index in [2.05, 4.69) is 4.52 Å². The fourth-order valence-electron chi connectivity index (χ4n) is 2.10. The summed E-state index contributed by atoms with van der Waals surface area (Å²) in [6.07, 6.45) is -4.41. The summed E-state index contributed by atoms with van der Waals surface area (Å²) in [6.45, 7) is -0.678. The molecule has 0 aliphatic carbocycles. The molecule has 22 heavy (non-hydrogen) atoms. The van der Waals surface area contributed by atoms with Gasteiger partial charge >= 0.3 is 13.5 Å². The van der Waals surface area contributed by atoms with E-state index in [1.54, 1.807) is 0 Å². The second-order valence-corrected chi connectivity index (χ2v) is 6.06. The quantitative estimate of drug-likeness (QED) is 0.367. The van der Waals surface area contributed by atoms with Crippen molar-refractivity contribution in [1.82, 2.24) is 9.55 Å². The van der Waals surface area contributed by atoms with E-state index in [4.69, 9.17) is 14.5 Å². The van der Waals surface area contributed by atoms with Gasteiger partial charge in [0, 0.05) is 13.2 Å². The van der Waals surface area contributed by atoms with Gasteiger partial charge in [0.2, 0.25) is 0 Å². The Bertz CT molecular complexity index is 707. The van der Waals surface area contributed by atoms with Crippen LogP contribution in [0.5, 0.6) is 0 Å². The monoisotopic (exact) mass is 338 g/mol. The molecule has 1 saturated heterocycles. The number of nitrogens with zero attached hydrogens (tertiary/aromatic N) is 1. The Labute approximate surface area is 123 Å². The average molecular weight is 338 g/mol. The fourth-order valence-corrected chi connectivity index (χ4v) is 2.44. The van der Waals surface area contributed by atoms with E-state index in [0.717, 1.165) is 10.8 Å². The zero-order valence-electron chi connectivity index (χ0n) is 11.3. The lowest BCUT2D eigenvalue weighted by Crippen LogP contribution is -2.35. The number of aryl methyl sites for hydroxylation is 1. The lowest BCUT2D eigenvalue weighted by atomic mass is 10.0. The summed E-state index contributed by atoms with van der Waals surface area (Å²) in [5, 5.41) is 19.7. The highest BCUT2D eigenvalue weighted by molar-refractivity contribution is 7.46. The van der Waals surface area contributed by atoms with Crippen molar-refractivity contribution in [3.63, 3.8) is 0 Å². The zero-order chi connectivity index (χ0) is 16.7. The number of aliphatic hydroxyl groups is 2. The molecule has 1 fully saturated rings. The number of phosphoric acid groups is 1. The van der Waals surface area contributed by atoms with Crippen LogP contribution in [0, 0.1) is 0 Å². The predicted molar refractivity (Wildman–Crippen MR) is 69.9 cm³/mol. The van der Waals surface area contributed by atoms with Crippen LogP contribution in [-0.2, 0) is 20.9 Å². The Balaban J connectivity index is 2.23. The number of aromatic nitrogens is 2. The third kappa shape index (κ3) is 3.52. The van der Waals surface area contributed by atoms with Crippen molar-refractivity contribution >= 4 is 7.82 Å². The van der Waals surface area contributed by atoms with Crippen molar-refractivity contribution in [2.75, 3.05) is 6.61 Å². The SMILES string of the molecule is Cn1cc(C2OC(COP(=O)(O)O)C(O)C2O)c(=O)[nH]c1=O. The van der Waals surface area contributed by atoms with E-state index in [1.165, 1.54) is 7.05 Å². The van der Waals surface area contributed by atoms with Crippen LogP contribution in [0.1, 0.15) is 11.7 Å². The van der Waals surface area contributed by atoms with Crippen LogP contribution in [0.4, 0.5) is 0 Å². The first kappa shape index (κ1) is 17.0. The number of hydrogen-bond donors (Lipinski definition) is 5. The van der Waals surface area contributed by atoms with Crippen molar-refractivity contribution in [2.24, 2.45) is 7.05 Å². The molecule has 12 heteroatoms. The Morgan fingerprint density at radius 3 is 2.59 bits per heavy atom. The van der Waals surface area contributed by atoms with Gasteiger partial charge in [-0.05, 0) is 0 Å². The van der Waals surface area contributed by atoms with Crippen LogP contribution in [-0.4, -0.2) is 54.5 Å². The van der Waals surface area contributed by atoms with Crippen LogP contribution in [0.15, 0.2) is 15.8 Å². The summed E-state index contributed by atoms with van der Waals surface area (Å²) >= 11 is 0. The van der Waals surface area contributed by atoms with Crippen molar-refractivity contribution in [1.29, 1.82) is 0 Å². The van der Waals surface area contributed by atoms with Crippen LogP contribution in [0.25, 0.3) is 0 Å². The molecule has 11 nitrogen and oxygen atoms in total. The third-order valence-electron chi connectivity index (χ3n) is 3.21. The maximum Gasteiger partial charge on any atom is 0.469 e. The molecule has 2 rings (SSSR count). The number of phosphoric ester groups is 1. The summed E-state index contributed by atoms with van der Waals surface area (Å²) in [4.78, 5) is 42.3. The summed E-state index contributed by atoms with van der Waals surface area (Å²) in [5.41, 5.74) is -1.56. The molecule has 0 spiro atoms. The zero-order valence-corrected chi connectivity index (χ0v) is 12.2. The Morgan fingerprint density at radius 1 is 1.36 bits per heavy atom. The molecule has 1 aromatic heterocycles. The van der Waals surface area contributed by atoms with E-state index in [1.807, 2.05) is 4.98 Å². The second-order valence-electron chi connectivity index (χ2n) is 4.82. The molecular weight excluding hydrogens is 323 g/mol. The van der Waals surface area contributed by atoms with Gasteiger partial charge in [-0.25, -0.2) is 9.36 Å². The number of aliphatic hydroxyl groups excluding tert-OH is 2. The molecule has 124 valence electrons.